The Morgan fingerprint density at radius 3 is 2.43 bits per heavy atom. The molecule has 5 nitrogen and oxygen atoms in total. The van der Waals surface area contributed by atoms with E-state index in [0.29, 0.717) is 11.8 Å². The predicted octanol–water partition coefficient (Wildman–Crippen LogP) is 5.21. The van der Waals surface area contributed by atoms with Gasteiger partial charge in [-0.25, -0.2) is 4.98 Å². The molecule has 0 unspecified atom stereocenters. The van der Waals surface area contributed by atoms with Gasteiger partial charge in [0.05, 0.1) is 18.6 Å². The highest BCUT2D eigenvalue weighted by atomic mass is 32.2. The largest absolute Gasteiger partial charge is 0.497 e. The van der Waals surface area contributed by atoms with Crippen LogP contribution in [0.25, 0.3) is 22.6 Å². The minimum absolute atomic E-state index is 0.0794. The number of carbonyl (C=O) groups excluding carboxylic acids is 1. The molecule has 30 heavy (non-hydrogen) atoms. The number of carbonyl (C=O) groups is 1. The Kier molecular flexibility index (Phi) is 6.43. The zero-order valence-corrected chi connectivity index (χ0v) is 18.2. The van der Waals surface area contributed by atoms with Crippen LogP contribution in [-0.4, -0.2) is 34.8 Å². The van der Waals surface area contributed by atoms with Gasteiger partial charge in [-0.3, -0.25) is 4.79 Å². The van der Waals surface area contributed by atoms with Crippen LogP contribution in [0.4, 0.5) is 0 Å². The summed E-state index contributed by atoms with van der Waals surface area (Å²) in [5.41, 5.74) is 4.19. The number of hydrogen-bond acceptors (Lipinski definition) is 4. The van der Waals surface area contributed by atoms with Crippen molar-refractivity contribution in [1.29, 1.82) is 0 Å². The fourth-order valence-electron chi connectivity index (χ4n) is 3.74. The Hall–Kier alpha value is -2.73. The molecule has 6 heteroatoms. The summed E-state index contributed by atoms with van der Waals surface area (Å²) in [6, 6.07) is 16.5. The number of H-pyrrole nitrogens is 1. The van der Waals surface area contributed by atoms with Crippen molar-refractivity contribution in [3.8, 4) is 28.4 Å². The minimum Gasteiger partial charge on any atom is -0.497 e. The fraction of sp³-hybridized carbons (Fsp3) is 0.333. The highest BCUT2D eigenvalue weighted by Gasteiger charge is 2.19. The molecule has 0 bridgehead atoms. The molecule has 2 N–H and O–H groups in total. The Morgan fingerprint density at radius 1 is 1.10 bits per heavy atom. The van der Waals surface area contributed by atoms with Crippen molar-refractivity contribution in [3.05, 3.63) is 54.1 Å². The van der Waals surface area contributed by atoms with Crippen molar-refractivity contribution in [3.63, 3.8) is 0 Å². The maximum Gasteiger partial charge on any atom is 0.230 e. The quantitative estimate of drug-likeness (QED) is 0.514. The number of nitrogens with one attached hydrogen (secondary N) is 2. The summed E-state index contributed by atoms with van der Waals surface area (Å²) in [6.07, 6.45) is 4.60. The van der Waals surface area contributed by atoms with E-state index < -0.39 is 0 Å². The molecule has 3 aromatic rings. The maximum atomic E-state index is 12.4. The molecule has 1 saturated carbocycles. The van der Waals surface area contributed by atoms with Gasteiger partial charge in [0.15, 0.2) is 0 Å². The van der Waals surface area contributed by atoms with Crippen LogP contribution in [0, 0.1) is 6.92 Å². The van der Waals surface area contributed by atoms with Gasteiger partial charge < -0.3 is 15.0 Å². The third kappa shape index (κ3) is 4.87. The van der Waals surface area contributed by atoms with Gasteiger partial charge in [0, 0.05) is 17.2 Å². The summed E-state index contributed by atoms with van der Waals surface area (Å²) in [4.78, 5) is 20.7. The SMILES string of the molecule is COc1ccc(-c2nc(SCC(=O)NC3CCCC3)c(-c3ccc(C)cc3)[nH]2)cc1. The number of ether oxygens (including phenoxy) is 1. The lowest BCUT2D eigenvalue weighted by molar-refractivity contribution is -0.119. The van der Waals surface area contributed by atoms with Crippen LogP contribution in [0.5, 0.6) is 5.75 Å². The number of methoxy groups -OCH3 is 1. The minimum atomic E-state index is 0.0794. The monoisotopic (exact) mass is 421 g/mol. The zero-order valence-electron chi connectivity index (χ0n) is 17.4. The van der Waals surface area contributed by atoms with E-state index in [4.69, 9.17) is 9.72 Å². The number of aromatic nitrogens is 2. The second kappa shape index (κ2) is 9.39. The smallest absolute Gasteiger partial charge is 0.230 e. The first-order valence-electron chi connectivity index (χ1n) is 10.4. The number of nitrogens with zero attached hydrogens (tertiary/aromatic N) is 1. The van der Waals surface area contributed by atoms with Crippen LogP contribution in [-0.2, 0) is 4.79 Å². The van der Waals surface area contributed by atoms with E-state index in [0.717, 1.165) is 46.3 Å². The number of rotatable bonds is 7. The van der Waals surface area contributed by atoms with E-state index in [9.17, 15) is 4.79 Å². The Balaban J connectivity index is 1.57. The van der Waals surface area contributed by atoms with Crippen molar-refractivity contribution in [2.45, 2.75) is 43.7 Å². The molecule has 4 rings (SSSR count). The number of thioether (sulfide) groups is 1. The molecule has 0 spiro atoms. The Bertz CT molecular complexity index is 990. The lowest BCUT2D eigenvalue weighted by atomic mass is 10.1. The standard InChI is InChI=1S/C24H27N3O2S/c1-16-7-9-17(10-8-16)22-24(30-15-21(28)25-19-5-3-4-6-19)27-23(26-22)18-11-13-20(29-2)14-12-18/h7-14,19H,3-6,15H2,1-2H3,(H,25,28)(H,26,27). The summed E-state index contributed by atoms with van der Waals surface area (Å²) in [7, 11) is 1.66. The number of benzene rings is 2. The first kappa shape index (κ1) is 20.5. The molecule has 0 radical (unpaired) electrons. The van der Waals surface area contributed by atoms with E-state index in [2.05, 4.69) is 41.5 Å². The predicted molar refractivity (Wildman–Crippen MR) is 122 cm³/mol. The van der Waals surface area contributed by atoms with Gasteiger partial charge in [-0.05, 0) is 44.0 Å². The maximum absolute atomic E-state index is 12.4. The molecule has 0 aliphatic heterocycles. The van der Waals surface area contributed by atoms with Crippen LogP contribution < -0.4 is 10.1 Å². The third-order valence-electron chi connectivity index (χ3n) is 5.43. The highest BCUT2D eigenvalue weighted by Crippen LogP contribution is 2.33. The lowest BCUT2D eigenvalue weighted by Gasteiger charge is -2.11. The second-order valence-electron chi connectivity index (χ2n) is 7.70. The molecule has 2 aromatic carbocycles. The van der Waals surface area contributed by atoms with E-state index in [1.807, 2.05) is 24.3 Å². The van der Waals surface area contributed by atoms with E-state index in [1.54, 1.807) is 7.11 Å². The molecule has 156 valence electrons. The van der Waals surface area contributed by atoms with Crippen LogP contribution >= 0.6 is 11.8 Å². The van der Waals surface area contributed by atoms with Crippen molar-refractivity contribution in [1.82, 2.24) is 15.3 Å². The zero-order chi connectivity index (χ0) is 20.9. The van der Waals surface area contributed by atoms with Crippen LogP contribution in [0.2, 0.25) is 0 Å². The Morgan fingerprint density at radius 2 is 1.77 bits per heavy atom. The van der Waals surface area contributed by atoms with Gasteiger partial charge in [0.25, 0.3) is 0 Å². The lowest BCUT2D eigenvalue weighted by Crippen LogP contribution is -2.33. The average Bonchev–Trinajstić information content (AvgIpc) is 3.43. The van der Waals surface area contributed by atoms with E-state index in [-0.39, 0.29) is 5.91 Å². The molecule has 1 fully saturated rings. The first-order valence-corrected chi connectivity index (χ1v) is 11.3. The topological polar surface area (TPSA) is 67.0 Å². The average molecular weight is 422 g/mol. The molecular weight excluding hydrogens is 394 g/mol. The number of amides is 1. The van der Waals surface area contributed by atoms with Crippen molar-refractivity contribution < 1.29 is 9.53 Å². The number of hydrogen-bond donors (Lipinski definition) is 2. The summed E-state index contributed by atoms with van der Waals surface area (Å²) in [5.74, 6) is 2.03. The molecule has 1 amide bonds. The van der Waals surface area contributed by atoms with Crippen molar-refractivity contribution >= 4 is 17.7 Å². The van der Waals surface area contributed by atoms with Gasteiger partial charge in [0.1, 0.15) is 16.6 Å². The second-order valence-corrected chi connectivity index (χ2v) is 8.66. The summed E-state index contributed by atoms with van der Waals surface area (Å²) in [5, 5.41) is 3.99. The molecule has 1 aromatic heterocycles. The van der Waals surface area contributed by atoms with Gasteiger partial charge in [0.2, 0.25) is 5.91 Å². The molecule has 1 aliphatic rings. The molecule has 1 heterocycles. The van der Waals surface area contributed by atoms with Gasteiger partial charge in [-0.1, -0.05) is 54.4 Å². The van der Waals surface area contributed by atoms with Crippen LogP contribution in [0.3, 0.4) is 0 Å². The van der Waals surface area contributed by atoms with Crippen LogP contribution in [0.15, 0.2) is 53.6 Å². The van der Waals surface area contributed by atoms with E-state index in [1.165, 1.54) is 30.2 Å². The van der Waals surface area contributed by atoms with Crippen molar-refractivity contribution in [2.24, 2.45) is 0 Å². The summed E-state index contributed by atoms with van der Waals surface area (Å²) >= 11 is 1.48. The van der Waals surface area contributed by atoms with Gasteiger partial charge in [-0.2, -0.15) is 0 Å². The number of aryl methyl sites for hydroxylation is 1. The number of imidazole rings is 1. The summed E-state index contributed by atoms with van der Waals surface area (Å²) in [6.45, 7) is 2.07. The van der Waals surface area contributed by atoms with Gasteiger partial charge in [-0.15, -0.1) is 0 Å². The van der Waals surface area contributed by atoms with E-state index >= 15 is 0 Å². The van der Waals surface area contributed by atoms with Gasteiger partial charge >= 0.3 is 0 Å². The first-order chi connectivity index (χ1) is 14.6. The fourth-order valence-corrected chi connectivity index (χ4v) is 4.56. The molecular formula is C24H27N3O2S. The molecule has 0 saturated heterocycles. The Labute approximate surface area is 181 Å². The molecule has 1 aliphatic carbocycles. The van der Waals surface area contributed by atoms with Crippen LogP contribution in [0.1, 0.15) is 31.2 Å². The summed E-state index contributed by atoms with van der Waals surface area (Å²) < 4.78 is 5.25. The molecule has 0 atom stereocenters. The van der Waals surface area contributed by atoms with Crippen molar-refractivity contribution in [2.75, 3.05) is 12.9 Å². The highest BCUT2D eigenvalue weighted by molar-refractivity contribution is 8.00. The third-order valence-corrected chi connectivity index (χ3v) is 6.41. The number of aromatic amines is 1. The normalized spacial score (nSPS) is 14.1.